The fraction of sp³-hybridized carbons (Fsp3) is 0.625. The minimum atomic E-state index is 0.837. The predicted molar refractivity (Wildman–Crippen MR) is 82.4 cm³/mol. The molecule has 1 fully saturated rings. The number of benzene rings is 1. The normalized spacial score (nSPS) is 16.0. The zero-order chi connectivity index (χ0) is 13.0. The topological polar surface area (TPSA) is 3.24 Å². The van der Waals surface area contributed by atoms with Gasteiger partial charge in [0, 0.05) is 17.9 Å². The lowest BCUT2D eigenvalue weighted by Gasteiger charge is -2.38. The molecule has 0 radical (unpaired) electrons. The summed E-state index contributed by atoms with van der Waals surface area (Å²) in [5.74, 6) is 0. The molecule has 0 saturated heterocycles. The maximum atomic E-state index is 3.55. The van der Waals surface area contributed by atoms with Crippen LogP contribution in [0.15, 0.2) is 18.2 Å². The molecule has 0 aromatic heterocycles. The fourth-order valence-corrected chi connectivity index (χ4v) is 2.85. The third-order valence-electron chi connectivity index (χ3n) is 4.05. The van der Waals surface area contributed by atoms with E-state index < -0.39 is 0 Å². The van der Waals surface area contributed by atoms with Crippen LogP contribution in [0.3, 0.4) is 0 Å². The van der Waals surface area contributed by atoms with Gasteiger partial charge >= 0.3 is 0 Å². The van der Waals surface area contributed by atoms with Gasteiger partial charge in [0.1, 0.15) is 0 Å². The van der Waals surface area contributed by atoms with E-state index >= 15 is 0 Å². The van der Waals surface area contributed by atoms with Gasteiger partial charge in [-0.1, -0.05) is 46.1 Å². The van der Waals surface area contributed by atoms with Gasteiger partial charge in [-0.3, -0.25) is 4.90 Å². The van der Waals surface area contributed by atoms with Crippen LogP contribution in [0.2, 0.25) is 0 Å². The highest BCUT2D eigenvalue weighted by molar-refractivity contribution is 9.09. The Bertz CT molecular complexity index is 385. The fourth-order valence-electron chi connectivity index (χ4n) is 2.59. The highest BCUT2D eigenvalue weighted by Crippen LogP contribution is 2.27. The van der Waals surface area contributed by atoms with E-state index in [0.717, 1.165) is 17.9 Å². The lowest BCUT2D eigenvalue weighted by atomic mass is 9.90. The van der Waals surface area contributed by atoms with E-state index in [2.05, 4.69) is 52.9 Å². The van der Waals surface area contributed by atoms with E-state index in [-0.39, 0.29) is 0 Å². The molecule has 0 atom stereocenters. The van der Waals surface area contributed by atoms with Gasteiger partial charge in [0.25, 0.3) is 0 Å². The first kappa shape index (κ1) is 14.1. The Labute approximate surface area is 120 Å². The molecule has 1 nitrogen and oxygen atoms in total. The second kappa shape index (κ2) is 6.72. The van der Waals surface area contributed by atoms with Crippen molar-refractivity contribution in [1.82, 2.24) is 4.90 Å². The van der Waals surface area contributed by atoms with Crippen LogP contribution in [0, 0.1) is 13.8 Å². The van der Waals surface area contributed by atoms with Crippen molar-refractivity contribution < 1.29 is 0 Å². The maximum absolute atomic E-state index is 3.55. The van der Waals surface area contributed by atoms with Crippen LogP contribution in [-0.2, 0) is 6.54 Å². The lowest BCUT2D eigenvalue weighted by molar-refractivity contribution is 0.120. The van der Waals surface area contributed by atoms with Crippen molar-refractivity contribution in [1.29, 1.82) is 0 Å². The molecule has 0 N–H and O–H groups in total. The molecule has 0 heterocycles. The van der Waals surface area contributed by atoms with Gasteiger partial charge in [0.15, 0.2) is 0 Å². The van der Waals surface area contributed by atoms with Crippen LogP contribution in [-0.4, -0.2) is 22.8 Å². The number of rotatable bonds is 6. The molecule has 2 heteroatoms. The third-order valence-corrected chi connectivity index (χ3v) is 4.61. The zero-order valence-electron chi connectivity index (χ0n) is 11.6. The van der Waals surface area contributed by atoms with E-state index in [9.17, 15) is 0 Å². The van der Waals surface area contributed by atoms with Crippen LogP contribution >= 0.6 is 15.9 Å². The SMILES string of the molecule is Cc1ccc(C)c(CN(CCCBr)C2CCC2)c1. The summed E-state index contributed by atoms with van der Waals surface area (Å²) in [6.07, 6.45) is 5.46. The van der Waals surface area contributed by atoms with Crippen LogP contribution in [0.4, 0.5) is 0 Å². The van der Waals surface area contributed by atoms with E-state index in [0.29, 0.717) is 0 Å². The standard InChI is InChI=1S/C16H24BrN/c1-13-7-8-14(2)15(11-13)12-18(10-4-9-17)16-5-3-6-16/h7-8,11,16H,3-6,9-10,12H2,1-2H3. The lowest BCUT2D eigenvalue weighted by Crippen LogP contribution is -2.40. The van der Waals surface area contributed by atoms with E-state index in [1.165, 1.54) is 48.9 Å². The molecule has 2 rings (SSSR count). The predicted octanol–water partition coefficient (Wildman–Crippen LogP) is 4.44. The van der Waals surface area contributed by atoms with E-state index in [1.54, 1.807) is 0 Å². The Hall–Kier alpha value is -0.340. The van der Waals surface area contributed by atoms with Crippen LogP contribution in [0.1, 0.15) is 42.4 Å². The molecule has 0 bridgehead atoms. The highest BCUT2D eigenvalue weighted by Gasteiger charge is 2.24. The summed E-state index contributed by atoms with van der Waals surface area (Å²) < 4.78 is 0. The molecule has 100 valence electrons. The molecule has 1 aliphatic carbocycles. The summed E-state index contributed by atoms with van der Waals surface area (Å²) in [5, 5.41) is 1.11. The van der Waals surface area contributed by atoms with Gasteiger partial charge in [0.05, 0.1) is 0 Å². The number of aryl methyl sites for hydroxylation is 2. The first-order valence-corrected chi connectivity index (χ1v) is 8.19. The monoisotopic (exact) mass is 309 g/mol. The number of hydrogen-bond donors (Lipinski definition) is 0. The van der Waals surface area contributed by atoms with Crippen LogP contribution < -0.4 is 0 Å². The Morgan fingerprint density at radius 3 is 2.67 bits per heavy atom. The summed E-state index contributed by atoms with van der Waals surface area (Å²) in [6.45, 7) is 6.78. The summed E-state index contributed by atoms with van der Waals surface area (Å²) >= 11 is 3.55. The third kappa shape index (κ3) is 3.58. The smallest absolute Gasteiger partial charge is 0.0239 e. The summed E-state index contributed by atoms with van der Waals surface area (Å²) in [7, 11) is 0. The Kier molecular flexibility index (Phi) is 5.25. The molecule has 0 unspecified atom stereocenters. The molecule has 1 saturated carbocycles. The first-order chi connectivity index (χ1) is 8.70. The van der Waals surface area contributed by atoms with Crippen molar-refractivity contribution >= 4 is 15.9 Å². The van der Waals surface area contributed by atoms with Gasteiger partial charge in [-0.05, 0) is 50.8 Å². The van der Waals surface area contributed by atoms with E-state index in [4.69, 9.17) is 0 Å². The molecule has 18 heavy (non-hydrogen) atoms. The second-order valence-corrected chi connectivity index (χ2v) is 6.32. The number of alkyl halides is 1. The molecule has 0 aliphatic heterocycles. The largest absolute Gasteiger partial charge is 0.296 e. The average molecular weight is 310 g/mol. The van der Waals surface area contributed by atoms with Gasteiger partial charge in [-0.2, -0.15) is 0 Å². The van der Waals surface area contributed by atoms with Crippen molar-refractivity contribution in [3.05, 3.63) is 34.9 Å². The molecular weight excluding hydrogens is 286 g/mol. The van der Waals surface area contributed by atoms with Crippen LogP contribution in [0.5, 0.6) is 0 Å². The molecule has 1 aromatic carbocycles. The minimum Gasteiger partial charge on any atom is -0.296 e. The molecule has 0 spiro atoms. The number of nitrogens with zero attached hydrogens (tertiary/aromatic N) is 1. The van der Waals surface area contributed by atoms with E-state index in [1.807, 2.05) is 0 Å². The summed E-state index contributed by atoms with van der Waals surface area (Å²) in [5.41, 5.74) is 4.32. The average Bonchev–Trinajstić information content (AvgIpc) is 2.28. The molecule has 0 amide bonds. The first-order valence-electron chi connectivity index (χ1n) is 7.07. The minimum absolute atomic E-state index is 0.837. The Balaban J connectivity index is 2.04. The highest BCUT2D eigenvalue weighted by atomic mass is 79.9. The maximum Gasteiger partial charge on any atom is 0.0239 e. The Morgan fingerprint density at radius 1 is 1.28 bits per heavy atom. The molecule has 1 aliphatic rings. The zero-order valence-corrected chi connectivity index (χ0v) is 13.2. The summed E-state index contributed by atoms with van der Waals surface area (Å²) in [6, 6.07) is 7.66. The van der Waals surface area contributed by atoms with Gasteiger partial charge in [-0.25, -0.2) is 0 Å². The number of halogens is 1. The van der Waals surface area contributed by atoms with Gasteiger partial charge in [0.2, 0.25) is 0 Å². The summed E-state index contributed by atoms with van der Waals surface area (Å²) in [4.78, 5) is 2.69. The quantitative estimate of drug-likeness (QED) is 0.702. The molecular formula is C16H24BrN. The Morgan fingerprint density at radius 2 is 2.06 bits per heavy atom. The van der Waals surface area contributed by atoms with Gasteiger partial charge < -0.3 is 0 Å². The van der Waals surface area contributed by atoms with Crippen molar-refractivity contribution in [2.24, 2.45) is 0 Å². The number of hydrogen-bond acceptors (Lipinski definition) is 1. The van der Waals surface area contributed by atoms with Crippen LogP contribution in [0.25, 0.3) is 0 Å². The van der Waals surface area contributed by atoms with Gasteiger partial charge in [-0.15, -0.1) is 0 Å². The van der Waals surface area contributed by atoms with Crippen molar-refractivity contribution in [2.45, 2.75) is 52.1 Å². The van der Waals surface area contributed by atoms with Crippen molar-refractivity contribution in [3.8, 4) is 0 Å². The van der Waals surface area contributed by atoms with Crippen molar-refractivity contribution in [3.63, 3.8) is 0 Å². The second-order valence-electron chi connectivity index (χ2n) is 5.53. The van der Waals surface area contributed by atoms with Crippen molar-refractivity contribution in [2.75, 3.05) is 11.9 Å². The molecule has 1 aromatic rings.